The van der Waals surface area contributed by atoms with E-state index in [9.17, 15) is 18.0 Å². The van der Waals surface area contributed by atoms with Gasteiger partial charge in [0.25, 0.3) is 10.0 Å². The first-order valence-corrected chi connectivity index (χ1v) is 10.8. The summed E-state index contributed by atoms with van der Waals surface area (Å²) in [5.41, 5.74) is -0.458. The molecule has 0 aliphatic rings. The Kier molecular flexibility index (Phi) is 7.81. The van der Waals surface area contributed by atoms with Crippen LogP contribution in [-0.2, 0) is 24.3 Å². The lowest BCUT2D eigenvalue weighted by Crippen LogP contribution is -2.27. The van der Waals surface area contributed by atoms with Crippen molar-refractivity contribution < 1.29 is 32.2 Å². The average molecular weight is 452 g/mol. The number of ether oxygens (including phenoxy) is 3. The van der Waals surface area contributed by atoms with Crippen LogP contribution in [0, 0.1) is 0 Å². The summed E-state index contributed by atoms with van der Waals surface area (Å²) in [5.74, 6) is -0.546. The molecule has 0 bridgehead atoms. The van der Waals surface area contributed by atoms with E-state index in [4.69, 9.17) is 14.2 Å². The Morgan fingerprint density at radius 1 is 1.16 bits per heavy atom. The van der Waals surface area contributed by atoms with Crippen molar-refractivity contribution in [2.75, 3.05) is 23.3 Å². The summed E-state index contributed by atoms with van der Waals surface area (Å²) in [5, 5.41) is 2.52. The molecule has 1 heterocycles. The van der Waals surface area contributed by atoms with Crippen molar-refractivity contribution in [3.05, 3.63) is 42.7 Å². The molecule has 0 spiro atoms. The molecule has 1 aromatic carbocycles. The summed E-state index contributed by atoms with van der Waals surface area (Å²) >= 11 is 0. The predicted octanol–water partition coefficient (Wildman–Crippen LogP) is 3.17. The van der Waals surface area contributed by atoms with E-state index < -0.39 is 34.3 Å². The molecule has 10 nitrogen and oxygen atoms in total. The Labute approximate surface area is 181 Å². The number of pyridine rings is 1. The zero-order valence-corrected chi connectivity index (χ0v) is 18.5. The first kappa shape index (κ1) is 23.9. The molecular formula is C20H25N3O7S. The monoisotopic (exact) mass is 451 g/mol. The second kappa shape index (κ2) is 10.1. The lowest BCUT2D eigenvalue weighted by Gasteiger charge is -2.20. The molecule has 31 heavy (non-hydrogen) atoms. The normalized spacial score (nSPS) is 11.4. The van der Waals surface area contributed by atoms with Crippen molar-refractivity contribution >= 4 is 33.5 Å². The third-order valence-corrected chi connectivity index (χ3v) is 4.82. The van der Waals surface area contributed by atoms with Crippen molar-refractivity contribution in [3.8, 4) is 5.75 Å². The molecule has 168 valence electrons. The number of nitrogens with one attached hydrogen (secondary N) is 2. The van der Waals surface area contributed by atoms with Gasteiger partial charge in [-0.1, -0.05) is 0 Å². The number of nitrogens with zero attached hydrogens (tertiary/aromatic N) is 1. The number of aromatic nitrogens is 1. The molecule has 2 aromatic rings. The molecule has 2 N–H and O–H groups in total. The van der Waals surface area contributed by atoms with Crippen LogP contribution in [0.15, 0.2) is 47.6 Å². The van der Waals surface area contributed by atoms with Crippen LogP contribution in [0.5, 0.6) is 5.75 Å². The fourth-order valence-electron chi connectivity index (χ4n) is 2.28. The molecule has 0 saturated heterocycles. The molecule has 0 aliphatic carbocycles. The topological polar surface area (TPSA) is 133 Å². The Balaban J connectivity index is 2.30. The van der Waals surface area contributed by atoms with Gasteiger partial charge in [-0.25, -0.2) is 18.0 Å². The quantitative estimate of drug-likeness (QED) is 0.585. The highest BCUT2D eigenvalue weighted by atomic mass is 32.2. The van der Waals surface area contributed by atoms with Crippen LogP contribution >= 0.6 is 0 Å². The van der Waals surface area contributed by atoms with E-state index in [0.29, 0.717) is 0 Å². The molecule has 1 amide bonds. The number of sulfonamides is 1. The number of anilines is 2. The Morgan fingerprint density at radius 2 is 1.90 bits per heavy atom. The first-order valence-electron chi connectivity index (χ1n) is 9.35. The molecule has 0 unspecified atom stereocenters. The van der Waals surface area contributed by atoms with Crippen molar-refractivity contribution in [1.82, 2.24) is 4.98 Å². The molecule has 11 heteroatoms. The smallest absolute Gasteiger partial charge is 0.412 e. The lowest BCUT2D eigenvalue weighted by molar-refractivity contribution is -0.145. The van der Waals surface area contributed by atoms with Crippen LogP contribution in [0.1, 0.15) is 27.7 Å². The fraction of sp³-hybridized carbons (Fsp3) is 0.350. The second-order valence-corrected chi connectivity index (χ2v) is 8.91. The Hall–Kier alpha value is -3.34. The maximum absolute atomic E-state index is 12.7. The van der Waals surface area contributed by atoms with Gasteiger partial charge in [-0.2, -0.15) is 0 Å². The van der Waals surface area contributed by atoms with Crippen LogP contribution in [0.4, 0.5) is 16.2 Å². The number of carbonyl (C=O) groups is 2. The summed E-state index contributed by atoms with van der Waals surface area (Å²) in [6.07, 6.45) is 1.91. The van der Waals surface area contributed by atoms with Gasteiger partial charge in [0.15, 0.2) is 6.61 Å². The van der Waals surface area contributed by atoms with Gasteiger partial charge < -0.3 is 14.2 Å². The lowest BCUT2D eigenvalue weighted by atomic mass is 10.2. The number of benzene rings is 1. The van der Waals surface area contributed by atoms with Gasteiger partial charge in [0.05, 0.1) is 12.3 Å². The van der Waals surface area contributed by atoms with Gasteiger partial charge in [0, 0.05) is 18.1 Å². The molecular weight excluding hydrogens is 426 g/mol. The minimum atomic E-state index is -4.01. The minimum absolute atomic E-state index is 0.00158. The summed E-state index contributed by atoms with van der Waals surface area (Å²) < 4.78 is 43.2. The van der Waals surface area contributed by atoms with Gasteiger partial charge in [-0.05, 0) is 58.0 Å². The minimum Gasteiger partial charge on any atom is -0.480 e. The van der Waals surface area contributed by atoms with Gasteiger partial charge in [0.1, 0.15) is 16.2 Å². The summed E-state index contributed by atoms with van der Waals surface area (Å²) in [6, 6.07) is 7.09. The first-order chi connectivity index (χ1) is 14.5. The molecule has 1 aromatic heterocycles. The van der Waals surface area contributed by atoms with Gasteiger partial charge >= 0.3 is 12.1 Å². The SMILES string of the molecule is CCOC(=O)COc1ccc(NC(=O)OC(C)(C)C)cc1NS(=O)(=O)c1cccnc1. The predicted molar refractivity (Wildman–Crippen MR) is 113 cm³/mol. The zero-order valence-electron chi connectivity index (χ0n) is 17.7. The molecule has 0 saturated carbocycles. The summed E-state index contributed by atoms with van der Waals surface area (Å²) in [4.78, 5) is 27.4. The molecule has 0 aliphatic heterocycles. The van der Waals surface area contributed by atoms with Crippen LogP contribution in [0.3, 0.4) is 0 Å². The summed E-state index contributed by atoms with van der Waals surface area (Å²) in [7, 11) is -4.01. The van der Waals surface area contributed by atoms with Crippen molar-refractivity contribution in [3.63, 3.8) is 0 Å². The largest absolute Gasteiger partial charge is 0.480 e. The Bertz CT molecular complexity index is 1020. The van der Waals surface area contributed by atoms with Crippen molar-refractivity contribution in [2.24, 2.45) is 0 Å². The Morgan fingerprint density at radius 3 is 2.52 bits per heavy atom. The third-order valence-electron chi connectivity index (χ3n) is 3.46. The highest BCUT2D eigenvalue weighted by molar-refractivity contribution is 7.92. The maximum Gasteiger partial charge on any atom is 0.412 e. The van der Waals surface area contributed by atoms with E-state index in [1.54, 1.807) is 27.7 Å². The standard InChI is InChI=1S/C20H25N3O7S/c1-5-28-18(24)13-29-17-9-8-14(22-19(25)30-20(2,3)4)11-16(17)23-31(26,27)15-7-6-10-21-12-15/h6-12,23H,5,13H2,1-4H3,(H,22,25). The van der Waals surface area contributed by atoms with Crippen LogP contribution in [0.25, 0.3) is 0 Å². The van der Waals surface area contributed by atoms with Crippen LogP contribution in [0.2, 0.25) is 0 Å². The third kappa shape index (κ3) is 7.78. The van der Waals surface area contributed by atoms with Gasteiger partial charge in [-0.15, -0.1) is 0 Å². The zero-order chi connectivity index (χ0) is 23.1. The fourth-order valence-corrected chi connectivity index (χ4v) is 3.31. The second-order valence-electron chi connectivity index (χ2n) is 7.23. The van der Waals surface area contributed by atoms with Crippen molar-refractivity contribution in [2.45, 2.75) is 38.2 Å². The van der Waals surface area contributed by atoms with E-state index in [0.717, 1.165) is 0 Å². The van der Waals surface area contributed by atoms with E-state index in [2.05, 4.69) is 15.0 Å². The summed E-state index contributed by atoms with van der Waals surface area (Å²) in [6.45, 7) is 6.56. The van der Waals surface area contributed by atoms with Gasteiger partial charge in [-0.3, -0.25) is 15.0 Å². The maximum atomic E-state index is 12.7. The van der Waals surface area contributed by atoms with E-state index in [1.807, 2.05) is 0 Å². The van der Waals surface area contributed by atoms with Gasteiger partial charge in [0.2, 0.25) is 0 Å². The van der Waals surface area contributed by atoms with Crippen LogP contribution < -0.4 is 14.8 Å². The number of hydrogen-bond acceptors (Lipinski definition) is 8. The number of esters is 1. The molecule has 2 rings (SSSR count). The van der Waals surface area contributed by atoms with E-state index in [-0.39, 0.29) is 28.6 Å². The van der Waals surface area contributed by atoms with E-state index >= 15 is 0 Å². The average Bonchev–Trinajstić information content (AvgIpc) is 2.66. The molecule has 0 atom stereocenters. The molecule has 0 fully saturated rings. The number of rotatable bonds is 8. The highest BCUT2D eigenvalue weighted by Gasteiger charge is 2.20. The molecule has 0 radical (unpaired) electrons. The van der Waals surface area contributed by atoms with Crippen LogP contribution in [-0.4, -0.2) is 44.3 Å². The van der Waals surface area contributed by atoms with E-state index in [1.165, 1.54) is 42.7 Å². The van der Waals surface area contributed by atoms with Crippen molar-refractivity contribution in [1.29, 1.82) is 0 Å². The number of hydrogen-bond donors (Lipinski definition) is 2. The number of amides is 1. The highest BCUT2D eigenvalue weighted by Crippen LogP contribution is 2.30. The number of carbonyl (C=O) groups excluding carboxylic acids is 2.